The molecule has 0 unspecified atom stereocenters. The predicted octanol–water partition coefficient (Wildman–Crippen LogP) is 2.63. The van der Waals surface area contributed by atoms with Crippen LogP contribution in [0.4, 0.5) is 0 Å². The number of aryl methyl sites for hydroxylation is 1. The molecular weight excluding hydrogens is 332 g/mol. The highest BCUT2D eigenvalue weighted by atomic mass is 16.5. The first-order valence-corrected chi connectivity index (χ1v) is 8.13. The van der Waals surface area contributed by atoms with Crippen LogP contribution < -0.4 is 5.43 Å². The smallest absolute Gasteiger partial charge is 0.338 e. The van der Waals surface area contributed by atoms with Crippen LogP contribution in [0.5, 0.6) is 0 Å². The van der Waals surface area contributed by atoms with Gasteiger partial charge in [0.15, 0.2) is 0 Å². The van der Waals surface area contributed by atoms with Gasteiger partial charge >= 0.3 is 5.97 Å². The molecule has 2 aromatic rings. The molecule has 0 aliphatic heterocycles. The molecule has 0 aliphatic carbocycles. The van der Waals surface area contributed by atoms with Crippen molar-refractivity contribution in [3.8, 4) is 11.8 Å². The first-order valence-electron chi connectivity index (χ1n) is 8.13. The molecule has 1 heterocycles. The molecule has 0 radical (unpaired) electrons. The van der Waals surface area contributed by atoms with E-state index in [1.807, 2.05) is 36.6 Å². The van der Waals surface area contributed by atoms with E-state index in [0.717, 1.165) is 22.6 Å². The largest absolute Gasteiger partial charge is 0.462 e. The van der Waals surface area contributed by atoms with Crippen LogP contribution in [-0.2, 0) is 9.53 Å². The minimum Gasteiger partial charge on any atom is -0.462 e. The Kier molecular flexibility index (Phi) is 6.28. The van der Waals surface area contributed by atoms with Gasteiger partial charge in [0.05, 0.1) is 24.5 Å². The number of hydrogen-bond acceptors (Lipinski definition) is 5. The molecule has 0 saturated carbocycles. The molecule has 0 aliphatic rings. The summed E-state index contributed by atoms with van der Waals surface area (Å²) in [6, 6.07) is 10.8. The number of nitrogens with zero attached hydrogens (tertiary/aromatic N) is 3. The normalized spacial score (nSPS) is 10.5. The van der Waals surface area contributed by atoms with Gasteiger partial charge in [-0.1, -0.05) is 0 Å². The average molecular weight is 352 g/mol. The van der Waals surface area contributed by atoms with Gasteiger partial charge in [0.1, 0.15) is 6.42 Å². The first-order chi connectivity index (χ1) is 12.5. The van der Waals surface area contributed by atoms with Crippen LogP contribution in [0, 0.1) is 25.2 Å². The lowest BCUT2D eigenvalue weighted by Gasteiger charge is -2.10. The van der Waals surface area contributed by atoms with E-state index >= 15 is 0 Å². The highest BCUT2D eigenvalue weighted by Crippen LogP contribution is 2.20. The van der Waals surface area contributed by atoms with Crippen molar-refractivity contribution < 1.29 is 14.3 Å². The van der Waals surface area contributed by atoms with Crippen molar-refractivity contribution in [2.75, 3.05) is 6.61 Å². The zero-order valence-electron chi connectivity index (χ0n) is 14.9. The Labute approximate surface area is 151 Å². The summed E-state index contributed by atoms with van der Waals surface area (Å²) in [7, 11) is 0. The SMILES string of the molecule is CCOC(=O)c1ccc(-n2c(C)cc(/C=N\NC(=O)CC#N)c2C)cc1. The number of rotatable bonds is 6. The Morgan fingerprint density at radius 3 is 2.62 bits per heavy atom. The van der Waals surface area contributed by atoms with Crippen molar-refractivity contribution in [2.45, 2.75) is 27.2 Å². The van der Waals surface area contributed by atoms with Crippen molar-refractivity contribution >= 4 is 18.1 Å². The van der Waals surface area contributed by atoms with E-state index < -0.39 is 5.91 Å². The number of esters is 1. The van der Waals surface area contributed by atoms with Crippen LogP contribution >= 0.6 is 0 Å². The van der Waals surface area contributed by atoms with Crippen molar-refractivity contribution in [3.05, 3.63) is 52.8 Å². The van der Waals surface area contributed by atoms with Crippen molar-refractivity contribution in [3.63, 3.8) is 0 Å². The summed E-state index contributed by atoms with van der Waals surface area (Å²) in [4.78, 5) is 23.0. The van der Waals surface area contributed by atoms with Gasteiger partial charge in [0, 0.05) is 22.6 Å². The summed E-state index contributed by atoms with van der Waals surface area (Å²) in [6.45, 7) is 6.00. The molecular formula is C19H20N4O3. The van der Waals surface area contributed by atoms with Crippen LogP contribution in [0.25, 0.3) is 5.69 Å². The van der Waals surface area contributed by atoms with E-state index in [2.05, 4.69) is 10.5 Å². The maximum atomic E-state index is 11.7. The van der Waals surface area contributed by atoms with Gasteiger partial charge in [-0.3, -0.25) is 4.79 Å². The summed E-state index contributed by atoms with van der Waals surface area (Å²) in [6.07, 6.45) is 1.31. The lowest BCUT2D eigenvalue weighted by molar-refractivity contribution is -0.120. The fourth-order valence-corrected chi connectivity index (χ4v) is 2.56. The molecule has 0 fully saturated rings. The highest BCUT2D eigenvalue weighted by Gasteiger charge is 2.11. The third-order valence-electron chi connectivity index (χ3n) is 3.74. The maximum Gasteiger partial charge on any atom is 0.338 e. The third kappa shape index (κ3) is 4.36. The van der Waals surface area contributed by atoms with Crippen LogP contribution in [0.3, 0.4) is 0 Å². The van der Waals surface area contributed by atoms with E-state index in [9.17, 15) is 9.59 Å². The van der Waals surface area contributed by atoms with Crippen LogP contribution in [0.1, 0.15) is 40.7 Å². The zero-order chi connectivity index (χ0) is 19.1. The number of hydrazone groups is 1. The summed E-state index contributed by atoms with van der Waals surface area (Å²) >= 11 is 0. The molecule has 0 saturated heterocycles. The molecule has 0 bridgehead atoms. The fraction of sp³-hybridized carbons (Fsp3) is 0.263. The van der Waals surface area contributed by atoms with Crippen LogP contribution in [-0.4, -0.2) is 29.3 Å². The Hall–Kier alpha value is -3.40. The average Bonchev–Trinajstić information content (AvgIpc) is 2.89. The lowest BCUT2D eigenvalue weighted by Crippen LogP contribution is -2.16. The molecule has 7 nitrogen and oxygen atoms in total. The highest BCUT2D eigenvalue weighted by molar-refractivity contribution is 5.89. The molecule has 7 heteroatoms. The molecule has 1 amide bonds. The van der Waals surface area contributed by atoms with Gasteiger partial charge in [-0.25, -0.2) is 10.2 Å². The lowest BCUT2D eigenvalue weighted by atomic mass is 10.2. The summed E-state index contributed by atoms with van der Waals surface area (Å²) in [5.41, 5.74) is 6.47. The van der Waals surface area contributed by atoms with Crippen molar-refractivity contribution in [1.82, 2.24) is 9.99 Å². The van der Waals surface area contributed by atoms with Gasteiger partial charge in [0.2, 0.25) is 0 Å². The molecule has 0 atom stereocenters. The number of amides is 1. The van der Waals surface area contributed by atoms with Gasteiger partial charge in [0.25, 0.3) is 5.91 Å². The number of nitrogens with one attached hydrogen (secondary N) is 1. The summed E-state index contributed by atoms with van der Waals surface area (Å²) in [5.74, 6) is -0.798. The Morgan fingerprint density at radius 1 is 1.31 bits per heavy atom. The second-order valence-electron chi connectivity index (χ2n) is 5.56. The van der Waals surface area contributed by atoms with Crippen molar-refractivity contribution in [1.29, 1.82) is 5.26 Å². The molecule has 26 heavy (non-hydrogen) atoms. The molecule has 1 aromatic carbocycles. The molecule has 134 valence electrons. The summed E-state index contributed by atoms with van der Waals surface area (Å²) in [5, 5.41) is 12.3. The Morgan fingerprint density at radius 2 is 2.00 bits per heavy atom. The second-order valence-corrected chi connectivity index (χ2v) is 5.56. The van der Waals surface area contributed by atoms with E-state index in [4.69, 9.17) is 10.00 Å². The Bertz CT molecular complexity index is 873. The first kappa shape index (κ1) is 18.9. The van der Waals surface area contributed by atoms with Gasteiger partial charge in [-0.15, -0.1) is 0 Å². The van der Waals surface area contributed by atoms with Gasteiger partial charge in [-0.2, -0.15) is 10.4 Å². The van der Waals surface area contributed by atoms with Gasteiger partial charge in [-0.05, 0) is 51.1 Å². The molecule has 0 spiro atoms. The third-order valence-corrected chi connectivity index (χ3v) is 3.74. The Balaban J connectivity index is 2.22. The molecule has 1 aromatic heterocycles. The minimum atomic E-state index is -0.452. The number of nitriles is 1. The van der Waals surface area contributed by atoms with Crippen LogP contribution in [0.15, 0.2) is 35.4 Å². The van der Waals surface area contributed by atoms with Crippen LogP contribution in [0.2, 0.25) is 0 Å². The number of hydrogen-bond donors (Lipinski definition) is 1. The molecule has 1 N–H and O–H groups in total. The number of ether oxygens (including phenoxy) is 1. The number of benzene rings is 1. The van der Waals surface area contributed by atoms with Gasteiger partial charge < -0.3 is 9.30 Å². The molecule has 2 rings (SSSR count). The number of carbonyl (C=O) groups is 2. The monoisotopic (exact) mass is 352 g/mol. The number of aromatic nitrogens is 1. The van der Waals surface area contributed by atoms with E-state index in [1.165, 1.54) is 0 Å². The van der Waals surface area contributed by atoms with E-state index in [0.29, 0.717) is 12.2 Å². The topological polar surface area (TPSA) is 96.5 Å². The number of carbonyl (C=O) groups excluding carboxylic acids is 2. The van der Waals surface area contributed by atoms with Crippen molar-refractivity contribution in [2.24, 2.45) is 5.10 Å². The standard InChI is InChI=1S/C19H20N4O3/c1-4-26-19(25)15-5-7-17(8-6-15)23-13(2)11-16(14(23)3)12-21-22-18(24)9-10-20/h5-8,11-12H,4,9H2,1-3H3,(H,22,24)/b21-12-. The quantitative estimate of drug-likeness (QED) is 0.491. The second kappa shape index (κ2) is 8.62. The summed E-state index contributed by atoms with van der Waals surface area (Å²) < 4.78 is 7.01. The van der Waals surface area contributed by atoms with E-state index in [-0.39, 0.29) is 12.4 Å². The fourth-order valence-electron chi connectivity index (χ4n) is 2.56. The maximum absolute atomic E-state index is 11.7. The van der Waals surface area contributed by atoms with E-state index in [1.54, 1.807) is 31.3 Å². The predicted molar refractivity (Wildman–Crippen MR) is 97.2 cm³/mol. The minimum absolute atomic E-state index is 0.233. The zero-order valence-corrected chi connectivity index (χ0v) is 14.9.